The first-order valence-corrected chi connectivity index (χ1v) is 7.36. The van der Waals surface area contributed by atoms with Crippen LogP contribution in [0.4, 0.5) is 0 Å². The fourth-order valence-electron chi connectivity index (χ4n) is 1.34. The Morgan fingerprint density at radius 3 is 2.85 bits per heavy atom. The number of carboxylic acids is 1. The summed E-state index contributed by atoms with van der Waals surface area (Å²) in [5, 5.41) is 20.7. The lowest BCUT2D eigenvalue weighted by atomic mass is 10.5. The minimum atomic E-state index is -3.70. The van der Waals surface area contributed by atoms with Crippen LogP contribution >= 0.6 is 0 Å². The maximum Gasteiger partial charge on any atom is 0.325 e. The molecule has 1 rings (SSSR count). The topological polar surface area (TPSA) is 131 Å². The van der Waals surface area contributed by atoms with Gasteiger partial charge in [0.1, 0.15) is 11.4 Å². The molecule has 0 radical (unpaired) electrons. The summed E-state index contributed by atoms with van der Waals surface area (Å²) in [6.07, 6.45) is 2.70. The van der Waals surface area contributed by atoms with Crippen molar-refractivity contribution >= 4 is 16.0 Å². The van der Waals surface area contributed by atoms with Crippen molar-refractivity contribution in [1.82, 2.24) is 14.5 Å². The van der Waals surface area contributed by atoms with E-state index in [1.54, 1.807) is 0 Å². The number of aromatic nitrogens is 2. The molecule has 10 heteroatoms. The van der Waals surface area contributed by atoms with Crippen LogP contribution in [0.25, 0.3) is 0 Å². The molecule has 1 aromatic heterocycles. The predicted molar refractivity (Wildman–Crippen MR) is 67.6 cm³/mol. The van der Waals surface area contributed by atoms with Crippen molar-refractivity contribution in [2.45, 2.75) is 17.9 Å². The number of hydrogen-bond donors (Lipinski definition) is 3. The molecular formula is C10H17N3O6S. The van der Waals surface area contributed by atoms with E-state index in [-0.39, 0.29) is 24.7 Å². The quantitative estimate of drug-likeness (QED) is 0.455. The number of aliphatic carboxylic acids is 1. The Bertz CT molecular complexity index is 527. The van der Waals surface area contributed by atoms with Crippen molar-refractivity contribution in [3.05, 3.63) is 12.4 Å². The van der Waals surface area contributed by atoms with E-state index in [4.69, 9.17) is 14.9 Å². The van der Waals surface area contributed by atoms with Gasteiger partial charge in [0.25, 0.3) is 0 Å². The van der Waals surface area contributed by atoms with Crippen LogP contribution in [0.3, 0.4) is 0 Å². The molecule has 0 aliphatic heterocycles. The van der Waals surface area contributed by atoms with Gasteiger partial charge in [0.05, 0.1) is 19.4 Å². The van der Waals surface area contributed by atoms with E-state index in [0.717, 1.165) is 17.1 Å². The average Bonchev–Trinajstić information content (AvgIpc) is 2.82. The van der Waals surface area contributed by atoms with E-state index in [9.17, 15) is 13.2 Å². The Kier molecular flexibility index (Phi) is 6.58. The molecule has 0 amide bonds. The Balaban J connectivity index is 2.43. The highest BCUT2D eigenvalue weighted by Gasteiger charge is 2.16. The average molecular weight is 307 g/mol. The number of nitrogens with zero attached hydrogens (tertiary/aromatic N) is 2. The number of aliphatic hydroxyl groups is 1. The molecule has 0 aliphatic carbocycles. The number of ether oxygens (including phenoxy) is 1. The van der Waals surface area contributed by atoms with Gasteiger partial charge >= 0.3 is 5.97 Å². The maximum absolute atomic E-state index is 11.8. The number of hydrogen-bond acceptors (Lipinski definition) is 6. The fourth-order valence-corrected chi connectivity index (χ4v) is 2.37. The predicted octanol–water partition coefficient (Wildman–Crippen LogP) is -1.35. The van der Waals surface area contributed by atoms with Gasteiger partial charge in [-0.2, -0.15) is 5.10 Å². The fraction of sp³-hybridized carbons (Fsp3) is 0.600. The molecule has 0 bridgehead atoms. The molecule has 3 N–H and O–H groups in total. The molecule has 1 heterocycles. The minimum absolute atomic E-state index is 0.0749. The van der Waals surface area contributed by atoms with Crippen LogP contribution in [0.5, 0.6) is 0 Å². The molecule has 114 valence electrons. The van der Waals surface area contributed by atoms with Crippen molar-refractivity contribution in [3.63, 3.8) is 0 Å². The van der Waals surface area contributed by atoms with Gasteiger partial charge in [0.15, 0.2) is 0 Å². The minimum Gasteiger partial charge on any atom is -0.480 e. The van der Waals surface area contributed by atoms with Crippen molar-refractivity contribution in [3.8, 4) is 0 Å². The third-order valence-electron chi connectivity index (χ3n) is 2.21. The summed E-state index contributed by atoms with van der Waals surface area (Å²) in [5.74, 6) is -1.11. The monoisotopic (exact) mass is 307 g/mol. The molecule has 0 aromatic carbocycles. The van der Waals surface area contributed by atoms with Gasteiger partial charge in [0, 0.05) is 19.3 Å². The lowest BCUT2D eigenvalue weighted by Crippen LogP contribution is -2.25. The Labute approximate surface area is 116 Å². The second-order valence-corrected chi connectivity index (χ2v) is 5.62. The maximum atomic E-state index is 11.8. The van der Waals surface area contributed by atoms with Crippen LogP contribution in [0, 0.1) is 0 Å². The standard InChI is InChI=1S/C10H17N3O6S/c14-3-5-19-4-1-2-12-20(17,18)9-6-11-13(7-9)8-10(15)16/h6-7,12,14H,1-5,8H2,(H,15,16). The second kappa shape index (κ2) is 7.94. The van der Waals surface area contributed by atoms with E-state index in [2.05, 4.69) is 9.82 Å². The summed E-state index contributed by atoms with van der Waals surface area (Å²) >= 11 is 0. The lowest BCUT2D eigenvalue weighted by molar-refractivity contribution is -0.137. The van der Waals surface area contributed by atoms with Crippen LogP contribution in [0.1, 0.15) is 6.42 Å². The highest BCUT2D eigenvalue weighted by molar-refractivity contribution is 7.89. The number of rotatable bonds is 10. The van der Waals surface area contributed by atoms with Crippen LogP contribution in [-0.4, -0.2) is 60.7 Å². The van der Waals surface area contributed by atoms with E-state index in [1.807, 2.05) is 0 Å². The lowest BCUT2D eigenvalue weighted by Gasteiger charge is -2.05. The molecule has 1 aromatic rings. The van der Waals surface area contributed by atoms with E-state index >= 15 is 0 Å². The zero-order chi connectivity index (χ0) is 15.0. The number of carbonyl (C=O) groups is 1. The SMILES string of the molecule is O=C(O)Cn1cc(S(=O)(=O)NCCCOCCO)cn1. The van der Waals surface area contributed by atoms with Gasteiger partial charge in [-0.05, 0) is 6.42 Å². The normalized spacial score (nSPS) is 11.7. The Hall–Kier alpha value is -1.49. The first kappa shape index (κ1) is 16.6. The highest BCUT2D eigenvalue weighted by Crippen LogP contribution is 2.06. The van der Waals surface area contributed by atoms with Crippen molar-refractivity contribution in [1.29, 1.82) is 0 Å². The third-order valence-corrected chi connectivity index (χ3v) is 3.63. The summed E-state index contributed by atoms with van der Waals surface area (Å²) in [5.41, 5.74) is 0. The number of nitrogens with one attached hydrogen (secondary N) is 1. The van der Waals surface area contributed by atoms with Crippen LogP contribution in [0.2, 0.25) is 0 Å². The van der Waals surface area contributed by atoms with Crippen LogP contribution < -0.4 is 4.72 Å². The van der Waals surface area contributed by atoms with Crippen molar-refractivity contribution in [2.75, 3.05) is 26.4 Å². The second-order valence-electron chi connectivity index (χ2n) is 3.85. The Morgan fingerprint density at radius 1 is 1.45 bits per heavy atom. The molecule has 0 unspecified atom stereocenters. The van der Waals surface area contributed by atoms with Crippen molar-refractivity contribution < 1.29 is 28.2 Å². The van der Waals surface area contributed by atoms with Crippen LogP contribution in [-0.2, 0) is 26.1 Å². The summed E-state index contributed by atoms with van der Waals surface area (Å²) < 4.78 is 32.0. The van der Waals surface area contributed by atoms with Crippen molar-refractivity contribution in [2.24, 2.45) is 0 Å². The molecular weight excluding hydrogens is 290 g/mol. The molecule has 0 spiro atoms. The summed E-state index contributed by atoms with van der Waals surface area (Å²) in [6, 6.07) is 0. The van der Waals surface area contributed by atoms with Gasteiger partial charge in [-0.25, -0.2) is 13.1 Å². The first-order chi connectivity index (χ1) is 9.45. The van der Waals surface area contributed by atoms with Gasteiger partial charge in [-0.1, -0.05) is 0 Å². The molecule has 0 fully saturated rings. The first-order valence-electron chi connectivity index (χ1n) is 5.88. The number of carboxylic acid groups (broad SMARTS) is 1. The summed E-state index contributed by atoms with van der Waals surface area (Å²) in [7, 11) is -3.70. The van der Waals surface area contributed by atoms with Gasteiger partial charge < -0.3 is 14.9 Å². The molecule has 0 aliphatic rings. The summed E-state index contributed by atoms with van der Waals surface area (Å²) in [6.45, 7) is 0.257. The number of aliphatic hydroxyl groups excluding tert-OH is 1. The molecule has 0 saturated heterocycles. The zero-order valence-corrected chi connectivity index (χ0v) is 11.5. The molecule has 20 heavy (non-hydrogen) atoms. The van der Waals surface area contributed by atoms with E-state index < -0.39 is 22.5 Å². The zero-order valence-electron chi connectivity index (χ0n) is 10.7. The van der Waals surface area contributed by atoms with E-state index in [0.29, 0.717) is 13.0 Å². The Morgan fingerprint density at radius 2 is 2.20 bits per heavy atom. The van der Waals surface area contributed by atoms with Gasteiger partial charge in [0.2, 0.25) is 10.0 Å². The van der Waals surface area contributed by atoms with Gasteiger partial charge in [-0.3, -0.25) is 9.48 Å². The molecule has 0 saturated carbocycles. The summed E-state index contributed by atoms with van der Waals surface area (Å²) in [4.78, 5) is 10.4. The van der Waals surface area contributed by atoms with Gasteiger partial charge in [-0.15, -0.1) is 0 Å². The van der Waals surface area contributed by atoms with Crippen LogP contribution in [0.15, 0.2) is 17.3 Å². The smallest absolute Gasteiger partial charge is 0.325 e. The largest absolute Gasteiger partial charge is 0.480 e. The highest BCUT2D eigenvalue weighted by atomic mass is 32.2. The number of sulfonamides is 1. The third kappa shape index (κ3) is 5.65. The molecule has 0 atom stereocenters. The molecule has 9 nitrogen and oxygen atoms in total. The van der Waals surface area contributed by atoms with E-state index in [1.165, 1.54) is 0 Å².